The van der Waals surface area contributed by atoms with Gasteiger partial charge in [0.05, 0.1) is 11.7 Å². The Morgan fingerprint density at radius 3 is 2.52 bits per heavy atom. The molecular weight excluding hydrogens is 288 g/mol. The monoisotopic (exact) mass is 318 g/mol. The quantitative estimate of drug-likeness (QED) is 0.721. The molecule has 0 aromatic carbocycles. The molecular formula is C20H30O3. The maximum Gasteiger partial charge on any atom is 0.155 e. The minimum atomic E-state index is -0.576. The van der Waals surface area contributed by atoms with Gasteiger partial charge in [0.1, 0.15) is 0 Å². The molecule has 0 heterocycles. The van der Waals surface area contributed by atoms with E-state index in [1.54, 1.807) is 6.08 Å². The van der Waals surface area contributed by atoms with Crippen molar-refractivity contribution in [2.24, 2.45) is 28.6 Å². The Bertz CT molecular complexity index is 577. The Morgan fingerprint density at radius 2 is 1.78 bits per heavy atom. The van der Waals surface area contributed by atoms with Gasteiger partial charge in [0.2, 0.25) is 0 Å². The van der Waals surface area contributed by atoms with Crippen molar-refractivity contribution in [3.05, 3.63) is 11.6 Å². The van der Waals surface area contributed by atoms with Crippen LogP contribution in [0.1, 0.15) is 65.7 Å². The van der Waals surface area contributed by atoms with Crippen LogP contribution in [0.2, 0.25) is 0 Å². The standard InChI is InChI=1S/C20H30O3/c1-18-7-4-12(21)10-16(18)17(22)11-13-14(18)5-8-19(2)15(13)6-9-20(19,3)23/h10,13-15,17,22-23H,4-9,11H2,1-3H3/t13-,14+,15+,17?,18-,19+,20?/m1/s1. The van der Waals surface area contributed by atoms with Crippen LogP contribution in [-0.4, -0.2) is 27.7 Å². The fourth-order valence-electron chi connectivity index (χ4n) is 6.85. The van der Waals surface area contributed by atoms with Crippen molar-refractivity contribution >= 4 is 5.78 Å². The van der Waals surface area contributed by atoms with Gasteiger partial charge in [-0.2, -0.15) is 0 Å². The molecule has 3 fully saturated rings. The summed E-state index contributed by atoms with van der Waals surface area (Å²) in [5, 5.41) is 21.7. The minimum Gasteiger partial charge on any atom is -0.390 e. The van der Waals surface area contributed by atoms with Gasteiger partial charge in [0.25, 0.3) is 0 Å². The van der Waals surface area contributed by atoms with Crippen LogP contribution in [0, 0.1) is 28.6 Å². The summed E-state index contributed by atoms with van der Waals surface area (Å²) >= 11 is 0. The highest BCUT2D eigenvalue weighted by Gasteiger charge is 2.63. The third kappa shape index (κ3) is 1.93. The van der Waals surface area contributed by atoms with Crippen LogP contribution in [0.15, 0.2) is 11.6 Å². The lowest BCUT2D eigenvalue weighted by Crippen LogP contribution is -2.56. The first-order valence-electron chi connectivity index (χ1n) is 9.34. The van der Waals surface area contributed by atoms with Crippen molar-refractivity contribution < 1.29 is 15.0 Å². The van der Waals surface area contributed by atoms with E-state index in [-0.39, 0.29) is 16.6 Å². The molecule has 0 aliphatic heterocycles. The van der Waals surface area contributed by atoms with Gasteiger partial charge in [-0.15, -0.1) is 0 Å². The Balaban J connectivity index is 1.74. The number of aliphatic hydroxyl groups excluding tert-OH is 1. The molecule has 3 saturated carbocycles. The average molecular weight is 318 g/mol. The predicted molar refractivity (Wildman–Crippen MR) is 88.7 cm³/mol. The molecule has 3 heteroatoms. The normalized spacial score (nSPS) is 55.7. The summed E-state index contributed by atoms with van der Waals surface area (Å²) in [5.74, 6) is 1.71. The van der Waals surface area contributed by atoms with Crippen molar-refractivity contribution in [2.45, 2.75) is 77.4 Å². The molecule has 3 nitrogen and oxygen atoms in total. The number of carbonyl (C=O) groups excluding carboxylic acids is 1. The van der Waals surface area contributed by atoms with Gasteiger partial charge in [-0.05, 0) is 85.7 Å². The van der Waals surface area contributed by atoms with E-state index in [2.05, 4.69) is 13.8 Å². The van der Waals surface area contributed by atoms with Crippen LogP contribution in [0.3, 0.4) is 0 Å². The Labute approximate surface area is 139 Å². The fourth-order valence-corrected chi connectivity index (χ4v) is 6.85. The van der Waals surface area contributed by atoms with Crippen LogP contribution in [0.4, 0.5) is 0 Å². The molecule has 0 bridgehead atoms. The molecule has 0 aromatic heterocycles. The van der Waals surface area contributed by atoms with Crippen molar-refractivity contribution in [1.29, 1.82) is 0 Å². The van der Waals surface area contributed by atoms with E-state index in [4.69, 9.17) is 0 Å². The third-order valence-electron chi connectivity index (χ3n) is 8.54. The molecule has 4 aliphatic carbocycles. The molecule has 128 valence electrons. The van der Waals surface area contributed by atoms with Crippen molar-refractivity contribution in [2.75, 3.05) is 0 Å². The smallest absolute Gasteiger partial charge is 0.155 e. The Kier molecular flexibility index (Phi) is 3.23. The molecule has 0 saturated heterocycles. The SMILES string of the molecule is CC1(O)CC[C@H]2[C@@H]3CC(O)C4=CC(=O)CC[C@]4(C)[C@H]3CC[C@@]21C. The van der Waals surface area contributed by atoms with E-state index in [0.29, 0.717) is 24.2 Å². The Hall–Kier alpha value is -0.670. The summed E-state index contributed by atoms with van der Waals surface area (Å²) in [7, 11) is 0. The molecule has 0 radical (unpaired) electrons. The van der Waals surface area contributed by atoms with Gasteiger partial charge in [-0.3, -0.25) is 4.79 Å². The fraction of sp³-hybridized carbons (Fsp3) is 0.850. The molecule has 0 spiro atoms. The highest BCUT2D eigenvalue weighted by atomic mass is 16.3. The van der Waals surface area contributed by atoms with Crippen molar-refractivity contribution in [3.8, 4) is 0 Å². The Morgan fingerprint density at radius 1 is 1.09 bits per heavy atom. The lowest BCUT2D eigenvalue weighted by Gasteiger charge is -2.59. The average Bonchev–Trinajstić information content (AvgIpc) is 2.72. The molecule has 2 N–H and O–H groups in total. The summed E-state index contributed by atoms with van der Waals surface area (Å²) in [4.78, 5) is 11.9. The molecule has 2 unspecified atom stereocenters. The van der Waals surface area contributed by atoms with E-state index in [1.165, 1.54) is 0 Å². The molecule has 23 heavy (non-hydrogen) atoms. The summed E-state index contributed by atoms with van der Waals surface area (Å²) in [6, 6.07) is 0. The van der Waals surface area contributed by atoms with Crippen molar-refractivity contribution in [3.63, 3.8) is 0 Å². The van der Waals surface area contributed by atoms with Crippen LogP contribution in [-0.2, 0) is 4.79 Å². The zero-order valence-electron chi connectivity index (χ0n) is 14.6. The topological polar surface area (TPSA) is 57.5 Å². The first kappa shape index (κ1) is 15.8. The maximum atomic E-state index is 11.9. The highest BCUT2D eigenvalue weighted by Crippen LogP contribution is 2.67. The number of rotatable bonds is 0. The number of aliphatic hydroxyl groups is 2. The van der Waals surface area contributed by atoms with Crippen LogP contribution in [0.5, 0.6) is 0 Å². The number of carbonyl (C=O) groups is 1. The van der Waals surface area contributed by atoms with Gasteiger partial charge in [0.15, 0.2) is 5.78 Å². The van der Waals surface area contributed by atoms with Crippen LogP contribution >= 0.6 is 0 Å². The third-order valence-corrected chi connectivity index (χ3v) is 8.54. The number of fused-ring (bicyclic) bond motifs is 5. The van der Waals surface area contributed by atoms with Crippen LogP contribution < -0.4 is 0 Å². The predicted octanol–water partition coefficient (Wildman–Crippen LogP) is 3.24. The molecule has 4 rings (SSSR count). The van der Waals surface area contributed by atoms with Gasteiger partial charge < -0.3 is 10.2 Å². The molecule has 0 aromatic rings. The number of ketones is 1. The minimum absolute atomic E-state index is 0.0179. The van der Waals surface area contributed by atoms with Crippen LogP contribution in [0.25, 0.3) is 0 Å². The van der Waals surface area contributed by atoms with E-state index in [9.17, 15) is 15.0 Å². The lowest BCUT2D eigenvalue weighted by atomic mass is 9.46. The molecule has 0 amide bonds. The lowest BCUT2D eigenvalue weighted by molar-refractivity contribution is -0.132. The first-order chi connectivity index (χ1) is 10.7. The first-order valence-corrected chi connectivity index (χ1v) is 9.34. The van der Waals surface area contributed by atoms with Gasteiger partial charge in [0, 0.05) is 6.42 Å². The number of hydrogen-bond acceptors (Lipinski definition) is 3. The van der Waals surface area contributed by atoms with Gasteiger partial charge in [-0.25, -0.2) is 0 Å². The maximum absolute atomic E-state index is 11.9. The van der Waals surface area contributed by atoms with Gasteiger partial charge >= 0.3 is 0 Å². The molecule has 7 atom stereocenters. The van der Waals surface area contributed by atoms with E-state index >= 15 is 0 Å². The number of hydrogen-bond donors (Lipinski definition) is 2. The van der Waals surface area contributed by atoms with Crippen molar-refractivity contribution in [1.82, 2.24) is 0 Å². The van der Waals surface area contributed by atoms with Gasteiger partial charge in [-0.1, -0.05) is 13.8 Å². The zero-order chi connectivity index (χ0) is 16.6. The van der Waals surface area contributed by atoms with E-state index < -0.39 is 11.7 Å². The zero-order valence-corrected chi connectivity index (χ0v) is 14.6. The summed E-state index contributed by atoms with van der Waals surface area (Å²) in [6.07, 6.45) is 7.70. The highest BCUT2D eigenvalue weighted by molar-refractivity contribution is 5.91. The molecule has 4 aliphatic rings. The summed E-state index contributed by atoms with van der Waals surface area (Å²) in [6.45, 7) is 6.56. The van der Waals surface area contributed by atoms with E-state index in [1.807, 2.05) is 6.92 Å². The largest absolute Gasteiger partial charge is 0.390 e. The summed E-state index contributed by atoms with van der Waals surface area (Å²) < 4.78 is 0. The second-order valence-corrected chi connectivity index (χ2v) is 9.38. The van der Waals surface area contributed by atoms with E-state index in [0.717, 1.165) is 44.1 Å². The second kappa shape index (κ2) is 4.70. The second-order valence-electron chi connectivity index (χ2n) is 9.38. The summed E-state index contributed by atoms with van der Waals surface area (Å²) in [5.41, 5.74) is 0.387.